The number of piperidine rings is 1. The number of likely N-dealkylation sites (tertiary alicyclic amines) is 1. The Hall–Kier alpha value is -2.05. The van der Waals surface area contributed by atoms with Crippen LogP contribution < -0.4 is 10.6 Å². The summed E-state index contributed by atoms with van der Waals surface area (Å²) in [6.07, 6.45) is 2.18. The van der Waals surface area contributed by atoms with Crippen LogP contribution in [0.4, 0.5) is 4.79 Å². The lowest BCUT2D eigenvalue weighted by atomic mass is 9.95. The number of amides is 3. The Morgan fingerprint density at radius 2 is 1.76 bits per heavy atom. The number of carbonyl (C=O) groups is 3. The molecule has 1 aliphatic heterocycles. The molecule has 7 heteroatoms. The van der Waals surface area contributed by atoms with E-state index in [1.54, 1.807) is 4.90 Å². The van der Waals surface area contributed by atoms with Crippen LogP contribution in [0, 0.1) is 11.8 Å². The summed E-state index contributed by atoms with van der Waals surface area (Å²) in [5.41, 5.74) is -0.524. The number of alkyl carbamates (subject to hydrolysis) is 1. The van der Waals surface area contributed by atoms with Gasteiger partial charge in [0.1, 0.15) is 5.60 Å². The van der Waals surface area contributed by atoms with Gasteiger partial charge in [0.2, 0.25) is 11.8 Å². The maximum absolute atomic E-state index is 12.2. The predicted octanol–water partition coefficient (Wildman–Crippen LogP) is 1.69. The molecule has 142 valence electrons. The van der Waals surface area contributed by atoms with E-state index in [0.717, 1.165) is 0 Å². The molecule has 1 unspecified atom stereocenters. The van der Waals surface area contributed by atoms with E-state index in [9.17, 15) is 14.4 Å². The zero-order valence-corrected chi connectivity index (χ0v) is 15.8. The zero-order valence-electron chi connectivity index (χ0n) is 15.8. The van der Waals surface area contributed by atoms with E-state index in [2.05, 4.69) is 17.2 Å². The normalized spacial score (nSPS) is 16.7. The predicted molar refractivity (Wildman–Crippen MR) is 95.9 cm³/mol. The van der Waals surface area contributed by atoms with E-state index < -0.39 is 11.7 Å². The molecule has 0 aliphatic carbocycles. The van der Waals surface area contributed by atoms with Crippen molar-refractivity contribution in [3.8, 4) is 0 Å². The van der Waals surface area contributed by atoms with Gasteiger partial charge in [-0.05, 0) is 45.6 Å². The SMILES string of the molecule is C=CC(=O)N1CCC(C(=O)NCC(C)CNC(=O)OC(C)(C)C)CC1. The smallest absolute Gasteiger partial charge is 0.407 e. The summed E-state index contributed by atoms with van der Waals surface area (Å²) in [7, 11) is 0. The third-order valence-electron chi connectivity index (χ3n) is 3.97. The van der Waals surface area contributed by atoms with Crippen molar-refractivity contribution >= 4 is 17.9 Å². The van der Waals surface area contributed by atoms with Crippen LogP contribution >= 0.6 is 0 Å². The first-order chi connectivity index (χ1) is 11.6. The molecule has 1 rings (SSSR count). The van der Waals surface area contributed by atoms with Gasteiger partial charge in [0, 0.05) is 32.1 Å². The average molecular weight is 353 g/mol. The highest BCUT2D eigenvalue weighted by molar-refractivity contribution is 5.87. The highest BCUT2D eigenvalue weighted by Gasteiger charge is 2.26. The van der Waals surface area contributed by atoms with Gasteiger partial charge in [0.25, 0.3) is 0 Å². The lowest BCUT2D eigenvalue weighted by Crippen LogP contribution is -2.44. The molecule has 1 atom stereocenters. The standard InChI is InChI=1S/C18H31N3O4/c1-6-15(22)21-9-7-14(8-10-21)16(23)19-11-13(2)12-20-17(24)25-18(3,4)5/h6,13-14H,1,7-12H2,2-5H3,(H,19,23)(H,20,24). The molecule has 0 saturated carbocycles. The van der Waals surface area contributed by atoms with Crippen molar-refractivity contribution in [1.82, 2.24) is 15.5 Å². The quantitative estimate of drug-likeness (QED) is 0.711. The van der Waals surface area contributed by atoms with Crippen molar-refractivity contribution in [2.75, 3.05) is 26.2 Å². The van der Waals surface area contributed by atoms with Crippen molar-refractivity contribution in [1.29, 1.82) is 0 Å². The third-order valence-corrected chi connectivity index (χ3v) is 3.97. The van der Waals surface area contributed by atoms with Crippen LogP contribution in [0.2, 0.25) is 0 Å². The summed E-state index contributed by atoms with van der Waals surface area (Å²) >= 11 is 0. The number of ether oxygens (including phenoxy) is 1. The van der Waals surface area contributed by atoms with Crippen molar-refractivity contribution in [3.05, 3.63) is 12.7 Å². The third kappa shape index (κ3) is 8.05. The molecule has 7 nitrogen and oxygen atoms in total. The Balaban J connectivity index is 2.24. The summed E-state index contributed by atoms with van der Waals surface area (Å²) < 4.78 is 5.17. The molecule has 1 saturated heterocycles. The number of hydrogen-bond donors (Lipinski definition) is 2. The molecule has 0 radical (unpaired) electrons. The lowest BCUT2D eigenvalue weighted by Gasteiger charge is -2.30. The van der Waals surface area contributed by atoms with Crippen LogP contribution in [-0.4, -0.2) is 54.6 Å². The molecule has 0 bridgehead atoms. The molecule has 1 fully saturated rings. The Morgan fingerprint density at radius 3 is 2.28 bits per heavy atom. The minimum Gasteiger partial charge on any atom is -0.444 e. The summed E-state index contributed by atoms with van der Waals surface area (Å²) in [6.45, 7) is 12.9. The molecular formula is C18H31N3O4. The monoisotopic (exact) mass is 353 g/mol. The van der Waals surface area contributed by atoms with E-state index in [-0.39, 0.29) is 23.7 Å². The van der Waals surface area contributed by atoms with E-state index in [1.165, 1.54) is 6.08 Å². The summed E-state index contributed by atoms with van der Waals surface area (Å²) in [5.74, 6) is -0.0469. The van der Waals surface area contributed by atoms with Gasteiger partial charge in [0.15, 0.2) is 0 Å². The molecule has 0 aromatic carbocycles. The topological polar surface area (TPSA) is 87.7 Å². The second-order valence-electron chi connectivity index (χ2n) is 7.54. The fourth-order valence-electron chi connectivity index (χ4n) is 2.55. The van der Waals surface area contributed by atoms with E-state index >= 15 is 0 Å². The maximum Gasteiger partial charge on any atom is 0.407 e. The van der Waals surface area contributed by atoms with Crippen molar-refractivity contribution in [2.24, 2.45) is 11.8 Å². The molecule has 2 N–H and O–H groups in total. The van der Waals surface area contributed by atoms with Gasteiger partial charge < -0.3 is 20.3 Å². The highest BCUT2D eigenvalue weighted by Crippen LogP contribution is 2.17. The number of nitrogens with zero attached hydrogens (tertiary/aromatic N) is 1. The van der Waals surface area contributed by atoms with Gasteiger partial charge in [-0.2, -0.15) is 0 Å². The molecule has 1 aliphatic rings. The first-order valence-electron chi connectivity index (χ1n) is 8.78. The molecule has 1 heterocycles. The number of rotatable bonds is 6. The summed E-state index contributed by atoms with van der Waals surface area (Å²) in [4.78, 5) is 37.1. The fourth-order valence-corrected chi connectivity index (χ4v) is 2.55. The second kappa shape index (κ2) is 9.44. The molecule has 0 aromatic heterocycles. The Labute approximate surface area is 150 Å². The van der Waals surface area contributed by atoms with Gasteiger partial charge >= 0.3 is 6.09 Å². The van der Waals surface area contributed by atoms with Gasteiger partial charge in [-0.15, -0.1) is 0 Å². The molecular weight excluding hydrogens is 322 g/mol. The van der Waals surface area contributed by atoms with Crippen LogP contribution in [0.1, 0.15) is 40.5 Å². The van der Waals surface area contributed by atoms with E-state index in [1.807, 2.05) is 27.7 Å². The van der Waals surface area contributed by atoms with Crippen LogP contribution in [0.25, 0.3) is 0 Å². The maximum atomic E-state index is 12.2. The average Bonchev–Trinajstić information content (AvgIpc) is 2.55. The van der Waals surface area contributed by atoms with E-state index in [0.29, 0.717) is 39.0 Å². The van der Waals surface area contributed by atoms with Crippen LogP contribution in [-0.2, 0) is 14.3 Å². The Morgan fingerprint density at radius 1 is 1.20 bits per heavy atom. The minimum atomic E-state index is -0.524. The zero-order chi connectivity index (χ0) is 19.0. The van der Waals surface area contributed by atoms with E-state index in [4.69, 9.17) is 4.74 Å². The highest BCUT2D eigenvalue weighted by atomic mass is 16.6. The molecule has 3 amide bonds. The Kier molecular flexibility index (Phi) is 7.93. The summed E-state index contributed by atoms with van der Waals surface area (Å²) in [6, 6.07) is 0. The number of carbonyl (C=O) groups excluding carboxylic acids is 3. The fraction of sp³-hybridized carbons (Fsp3) is 0.722. The summed E-state index contributed by atoms with van der Waals surface area (Å²) in [5, 5.41) is 5.63. The van der Waals surface area contributed by atoms with Crippen molar-refractivity contribution < 1.29 is 19.1 Å². The van der Waals surface area contributed by atoms with Gasteiger partial charge in [0.05, 0.1) is 0 Å². The van der Waals surface area contributed by atoms with Gasteiger partial charge in [-0.1, -0.05) is 13.5 Å². The first kappa shape index (κ1) is 21.0. The molecule has 0 spiro atoms. The van der Waals surface area contributed by atoms with Crippen LogP contribution in [0.3, 0.4) is 0 Å². The van der Waals surface area contributed by atoms with Gasteiger partial charge in [-0.3, -0.25) is 9.59 Å². The minimum absolute atomic E-state index is 0.00909. The second-order valence-corrected chi connectivity index (χ2v) is 7.54. The first-order valence-corrected chi connectivity index (χ1v) is 8.78. The Bertz CT molecular complexity index is 491. The van der Waals surface area contributed by atoms with Gasteiger partial charge in [-0.25, -0.2) is 4.79 Å². The van der Waals surface area contributed by atoms with Crippen molar-refractivity contribution in [2.45, 2.75) is 46.1 Å². The molecule has 0 aromatic rings. The van der Waals surface area contributed by atoms with Crippen molar-refractivity contribution in [3.63, 3.8) is 0 Å². The van der Waals surface area contributed by atoms with Crippen LogP contribution in [0.5, 0.6) is 0 Å². The number of nitrogens with one attached hydrogen (secondary N) is 2. The number of hydrogen-bond acceptors (Lipinski definition) is 4. The van der Waals surface area contributed by atoms with Crippen LogP contribution in [0.15, 0.2) is 12.7 Å². The lowest BCUT2D eigenvalue weighted by molar-refractivity contribution is -0.132. The largest absolute Gasteiger partial charge is 0.444 e. The molecule has 25 heavy (non-hydrogen) atoms.